The third-order valence-electron chi connectivity index (χ3n) is 4.95. The second-order valence-electron chi connectivity index (χ2n) is 7.13. The second kappa shape index (κ2) is 8.40. The van der Waals surface area contributed by atoms with Crippen LogP contribution in [0.2, 0.25) is 0 Å². The number of piperidine rings is 1. The number of nitrogens with zero attached hydrogens (tertiary/aromatic N) is 3. The number of sulfonamides is 1. The molecule has 1 amide bonds. The van der Waals surface area contributed by atoms with Crippen molar-refractivity contribution in [3.8, 4) is 5.69 Å². The molecule has 7 nitrogen and oxygen atoms in total. The lowest BCUT2D eigenvalue weighted by Crippen LogP contribution is -2.43. The van der Waals surface area contributed by atoms with Crippen molar-refractivity contribution in [2.24, 2.45) is 5.92 Å². The Morgan fingerprint density at radius 1 is 1.32 bits per heavy atom. The van der Waals surface area contributed by atoms with Gasteiger partial charge in [-0.05, 0) is 49.4 Å². The minimum atomic E-state index is -3.25. The molecule has 1 atom stereocenters. The zero-order valence-corrected chi connectivity index (χ0v) is 16.9. The van der Waals surface area contributed by atoms with Crippen LogP contribution in [0.5, 0.6) is 0 Å². The molecule has 9 heteroatoms. The Hall–Kier alpha value is -2.26. The summed E-state index contributed by atoms with van der Waals surface area (Å²) >= 11 is 0. The summed E-state index contributed by atoms with van der Waals surface area (Å²) in [5.41, 5.74) is 2.00. The lowest BCUT2D eigenvalue weighted by atomic mass is 9.97. The van der Waals surface area contributed by atoms with Gasteiger partial charge < -0.3 is 4.90 Å². The van der Waals surface area contributed by atoms with E-state index >= 15 is 0 Å². The minimum absolute atomic E-state index is 0.0876. The van der Waals surface area contributed by atoms with Crippen LogP contribution in [-0.2, 0) is 16.4 Å². The molecule has 0 saturated carbocycles. The molecule has 0 spiro atoms. The fourth-order valence-corrected chi connectivity index (χ4v) is 4.09. The van der Waals surface area contributed by atoms with Crippen molar-refractivity contribution in [2.75, 3.05) is 25.9 Å². The summed E-state index contributed by atoms with van der Waals surface area (Å²) in [5, 5.41) is 4.35. The van der Waals surface area contributed by atoms with Crippen molar-refractivity contribution in [1.82, 2.24) is 19.4 Å². The first-order valence-corrected chi connectivity index (χ1v) is 11.2. The molecule has 2 aromatic rings. The van der Waals surface area contributed by atoms with Crippen LogP contribution in [0.4, 0.5) is 4.39 Å². The Kier molecular flexibility index (Phi) is 6.14. The minimum Gasteiger partial charge on any atom is -0.338 e. The van der Waals surface area contributed by atoms with E-state index in [1.807, 2.05) is 6.92 Å². The van der Waals surface area contributed by atoms with Gasteiger partial charge in [0.05, 0.1) is 29.4 Å². The number of amides is 1. The Morgan fingerprint density at radius 3 is 2.68 bits per heavy atom. The van der Waals surface area contributed by atoms with Gasteiger partial charge in [-0.2, -0.15) is 5.10 Å². The normalized spacial score (nSPS) is 17.7. The molecule has 1 aliphatic heterocycles. The summed E-state index contributed by atoms with van der Waals surface area (Å²) < 4.78 is 40.1. The number of benzene rings is 1. The second-order valence-corrected chi connectivity index (χ2v) is 8.96. The van der Waals surface area contributed by atoms with Crippen LogP contribution in [-0.4, -0.2) is 54.9 Å². The molecular weight excluding hydrogens is 383 g/mol. The molecule has 1 fully saturated rings. The Labute approximate surface area is 164 Å². The number of hydrogen-bond acceptors (Lipinski definition) is 4. The third-order valence-corrected chi connectivity index (χ3v) is 5.64. The smallest absolute Gasteiger partial charge is 0.257 e. The van der Waals surface area contributed by atoms with Crippen molar-refractivity contribution in [3.05, 3.63) is 47.5 Å². The van der Waals surface area contributed by atoms with E-state index < -0.39 is 10.0 Å². The van der Waals surface area contributed by atoms with Gasteiger partial charge >= 0.3 is 0 Å². The highest BCUT2D eigenvalue weighted by Crippen LogP contribution is 2.22. The monoisotopic (exact) mass is 408 g/mol. The van der Waals surface area contributed by atoms with Crippen LogP contribution in [0.25, 0.3) is 5.69 Å². The number of carbonyl (C=O) groups excluding carboxylic acids is 1. The molecule has 1 aromatic carbocycles. The third kappa shape index (κ3) is 4.77. The molecular formula is C19H25FN4O3S. The van der Waals surface area contributed by atoms with Gasteiger partial charge in [-0.3, -0.25) is 4.79 Å². The summed E-state index contributed by atoms with van der Waals surface area (Å²) in [5.74, 6) is -0.341. The van der Waals surface area contributed by atoms with Crippen LogP contribution >= 0.6 is 0 Å². The first-order valence-electron chi connectivity index (χ1n) is 9.35. The maximum absolute atomic E-state index is 13.2. The van der Waals surface area contributed by atoms with Gasteiger partial charge in [-0.25, -0.2) is 22.2 Å². The zero-order chi connectivity index (χ0) is 20.3. The van der Waals surface area contributed by atoms with Crippen LogP contribution in [0.3, 0.4) is 0 Å². The standard InChI is InChI=1S/C19H25FN4O3S/c1-3-18-17(12-21-24(18)16-8-6-15(20)7-9-16)19(25)23-10-4-5-14(13-23)11-22-28(2,26)27/h6-9,12,14,22H,3-5,10-11,13H2,1-2H3. The Bertz CT molecular complexity index is 941. The van der Waals surface area contributed by atoms with Gasteiger partial charge in [0.1, 0.15) is 5.82 Å². The highest BCUT2D eigenvalue weighted by Gasteiger charge is 2.28. The molecule has 1 unspecified atom stereocenters. The van der Waals surface area contributed by atoms with Gasteiger partial charge in [0.2, 0.25) is 10.0 Å². The van der Waals surface area contributed by atoms with Crippen molar-refractivity contribution < 1.29 is 17.6 Å². The summed E-state index contributed by atoms with van der Waals surface area (Å²) in [4.78, 5) is 14.9. The maximum Gasteiger partial charge on any atom is 0.257 e. The predicted molar refractivity (Wildman–Crippen MR) is 104 cm³/mol. The maximum atomic E-state index is 13.2. The van der Waals surface area contributed by atoms with Crippen LogP contribution in [0.15, 0.2) is 30.5 Å². The first-order chi connectivity index (χ1) is 13.3. The summed E-state index contributed by atoms with van der Waals surface area (Å²) in [7, 11) is -3.25. The summed E-state index contributed by atoms with van der Waals surface area (Å²) in [6.07, 6.45) is 5.00. The lowest BCUT2D eigenvalue weighted by molar-refractivity contribution is 0.0675. The molecule has 28 heavy (non-hydrogen) atoms. The number of nitrogens with one attached hydrogen (secondary N) is 1. The average molecular weight is 408 g/mol. The van der Waals surface area contributed by atoms with E-state index in [9.17, 15) is 17.6 Å². The zero-order valence-electron chi connectivity index (χ0n) is 16.1. The molecule has 1 N–H and O–H groups in total. The van der Waals surface area contributed by atoms with Crippen molar-refractivity contribution >= 4 is 15.9 Å². The molecule has 3 rings (SSSR count). The number of carbonyl (C=O) groups is 1. The highest BCUT2D eigenvalue weighted by molar-refractivity contribution is 7.88. The average Bonchev–Trinajstić information content (AvgIpc) is 3.10. The molecule has 0 radical (unpaired) electrons. The SMILES string of the molecule is CCc1c(C(=O)N2CCCC(CNS(C)(=O)=O)C2)cnn1-c1ccc(F)cc1. The first kappa shape index (κ1) is 20.5. The van der Waals surface area contributed by atoms with Gasteiger partial charge in [0.15, 0.2) is 0 Å². The van der Waals surface area contributed by atoms with Gasteiger partial charge in [-0.15, -0.1) is 0 Å². The molecule has 1 saturated heterocycles. The molecule has 0 bridgehead atoms. The number of likely N-dealkylation sites (tertiary alicyclic amines) is 1. The van der Waals surface area contributed by atoms with E-state index in [1.54, 1.807) is 27.9 Å². The van der Waals surface area contributed by atoms with E-state index in [-0.39, 0.29) is 17.6 Å². The van der Waals surface area contributed by atoms with Crippen LogP contribution < -0.4 is 4.72 Å². The molecule has 1 aromatic heterocycles. The van der Waals surface area contributed by atoms with Crippen LogP contribution in [0.1, 0.15) is 35.8 Å². The van der Waals surface area contributed by atoms with Gasteiger partial charge in [-0.1, -0.05) is 6.92 Å². The van der Waals surface area contributed by atoms with E-state index in [2.05, 4.69) is 9.82 Å². The van der Waals surface area contributed by atoms with Crippen LogP contribution in [0, 0.1) is 11.7 Å². The number of aromatic nitrogens is 2. The largest absolute Gasteiger partial charge is 0.338 e. The quantitative estimate of drug-likeness (QED) is 0.792. The highest BCUT2D eigenvalue weighted by atomic mass is 32.2. The fourth-order valence-electron chi connectivity index (χ4n) is 3.55. The van der Waals surface area contributed by atoms with E-state index in [4.69, 9.17) is 0 Å². The molecule has 1 aliphatic rings. The molecule has 0 aliphatic carbocycles. The molecule has 152 valence electrons. The lowest BCUT2D eigenvalue weighted by Gasteiger charge is -2.32. The Morgan fingerprint density at radius 2 is 2.04 bits per heavy atom. The fraction of sp³-hybridized carbons (Fsp3) is 0.474. The summed E-state index contributed by atoms with van der Waals surface area (Å²) in [6, 6.07) is 5.98. The number of rotatable bonds is 6. The topological polar surface area (TPSA) is 84.3 Å². The van der Waals surface area contributed by atoms with Crippen molar-refractivity contribution in [2.45, 2.75) is 26.2 Å². The number of hydrogen-bond donors (Lipinski definition) is 1. The van der Waals surface area contributed by atoms with Gasteiger partial charge in [0.25, 0.3) is 5.91 Å². The number of halogens is 1. The van der Waals surface area contributed by atoms with Crippen molar-refractivity contribution in [3.63, 3.8) is 0 Å². The van der Waals surface area contributed by atoms with E-state index in [1.165, 1.54) is 12.1 Å². The van der Waals surface area contributed by atoms with E-state index in [0.717, 1.165) is 24.8 Å². The Balaban J connectivity index is 1.77. The van der Waals surface area contributed by atoms with E-state index in [0.29, 0.717) is 37.3 Å². The van der Waals surface area contributed by atoms with Crippen molar-refractivity contribution in [1.29, 1.82) is 0 Å². The van der Waals surface area contributed by atoms with Gasteiger partial charge in [0, 0.05) is 19.6 Å². The summed E-state index contributed by atoms with van der Waals surface area (Å²) in [6.45, 7) is 3.42. The molecule has 2 heterocycles. The predicted octanol–water partition coefficient (Wildman–Crippen LogP) is 1.98.